The van der Waals surface area contributed by atoms with Crippen LogP contribution in [-0.2, 0) is 32.7 Å². The van der Waals surface area contributed by atoms with E-state index in [1.807, 2.05) is 0 Å². The number of phosphoric ester groups is 1. The van der Waals surface area contributed by atoms with Gasteiger partial charge in [0, 0.05) is 13.0 Å². The number of hydrogen-bond donors (Lipinski definition) is 3. The van der Waals surface area contributed by atoms with E-state index >= 15 is 0 Å². The summed E-state index contributed by atoms with van der Waals surface area (Å²) >= 11 is 0. The molecule has 0 radical (unpaired) electrons. The van der Waals surface area contributed by atoms with Crippen LogP contribution in [0.25, 0.3) is 0 Å². The molecule has 0 bridgehead atoms. The van der Waals surface area contributed by atoms with Gasteiger partial charge in [0.15, 0.2) is 0 Å². The Labute approximate surface area is 358 Å². The van der Waals surface area contributed by atoms with E-state index in [4.69, 9.17) is 29.4 Å². The van der Waals surface area contributed by atoms with Gasteiger partial charge < -0.3 is 25.2 Å². The molecule has 0 aromatic carbocycles. The van der Waals surface area contributed by atoms with Gasteiger partial charge >= 0.3 is 19.8 Å². The van der Waals surface area contributed by atoms with E-state index in [0.717, 1.165) is 83.5 Å². The van der Waals surface area contributed by atoms with Crippen LogP contribution in [0.3, 0.4) is 0 Å². The molecular formula is C48H82NO9P. The Morgan fingerprint density at radius 3 is 1.47 bits per heavy atom. The minimum atomic E-state index is -4.64. The molecule has 0 rings (SSSR count). The predicted octanol–water partition coefficient (Wildman–Crippen LogP) is 12.8. The van der Waals surface area contributed by atoms with Crippen LogP contribution in [0.2, 0.25) is 0 Å². The Hall–Kier alpha value is -2.85. The normalized spacial score (nSPS) is 14.6. The lowest BCUT2D eigenvalue weighted by molar-refractivity contribution is -0.154. The molecule has 3 atom stereocenters. The fraction of sp³-hybridized carbons (Fsp3) is 0.667. The van der Waals surface area contributed by atoms with Crippen molar-refractivity contribution in [2.24, 2.45) is 5.73 Å². The van der Waals surface area contributed by atoms with Crippen LogP contribution in [0.1, 0.15) is 168 Å². The number of carboxylic acid groups (broad SMARTS) is 1. The number of phosphoric acid groups is 1. The molecule has 338 valence electrons. The zero-order chi connectivity index (χ0) is 43.3. The van der Waals surface area contributed by atoms with Crippen molar-refractivity contribution in [3.63, 3.8) is 0 Å². The molecule has 3 unspecified atom stereocenters. The van der Waals surface area contributed by atoms with Gasteiger partial charge in [0.2, 0.25) is 0 Å². The van der Waals surface area contributed by atoms with Crippen molar-refractivity contribution in [1.82, 2.24) is 0 Å². The Bertz CT molecular complexity index is 1260. The van der Waals surface area contributed by atoms with Crippen molar-refractivity contribution in [1.29, 1.82) is 0 Å². The monoisotopic (exact) mass is 848 g/mol. The molecule has 0 aliphatic heterocycles. The number of nitrogens with two attached hydrogens (primary N) is 1. The number of aliphatic carboxylic acids is 1. The number of allylic oxidation sites excluding steroid dienone is 14. The minimum Gasteiger partial charge on any atom is -0.480 e. The minimum absolute atomic E-state index is 0.0190. The van der Waals surface area contributed by atoms with E-state index in [1.54, 1.807) is 0 Å². The second-order valence-corrected chi connectivity index (χ2v) is 16.2. The van der Waals surface area contributed by atoms with Crippen LogP contribution in [0, 0.1) is 0 Å². The molecule has 0 amide bonds. The second-order valence-electron chi connectivity index (χ2n) is 14.8. The molecule has 4 N–H and O–H groups in total. The van der Waals surface area contributed by atoms with Crippen LogP contribution in [-0.4, -0.2) is 60.5 Å². The van der Waals surface area contributed by atoms with Gasteiger partial charge in [-0.1, -0.05) is 157 Å². The molecular weight excluding hydrogens is 765 g/mol. The highest BCUT2D eigenvalue weighted by atomic mass is 31.2. The highest BCUT2D eigenvalue weighted by molar-refractivity contribution is 7.47. The lowest BCUT2D eigenvalue weighted by Crippen LogP contribution is -2.34. The summed E-state index contributed by atoms with van der Waals surface area (Å²) in [6.45, 7) is 3.62. The van der Waals surface area contributed by atoms with Crippen LogP contribution >= 0.6 is 7.82 Å². The molecule has 10 nitrogen and oxygen atoms in total. The molecule has 0 aromatic rings. The summed E-state index contributed by atoms with van der Waals surface area (Å²) in [5, 5.41) is 8.90. The van der Waals surface area contributed by atoms with Gasteiger partial charge in [-0.05, 0) is 89.9 Å². The van der Waals surface area contributed by atoms with Crippen molar-refractivity contribution >= 4 is 19.8 Å². The summed E-state index contributed by atoms with van der Waals surface area (Å²) in [5.74, 6) is -1.81. The van der Waals surface area contributed by atoms with Crippen molar-refractivity contribution in [3.05, 3.63) is 85.1 Å². The number of carboxylic acids is 1. The quantitative estimate of drug-likeness (QED) is 0.0234. The number of ether oxygens (including phenoxy) is 2. The van der Waals surface area contributed by atoms with Gasteiger partial charge in [-0.3, -0.25) is 18.6 Å². The summed E-state index contributed by atoms with van der Waals surface area (Å²) in [5.41, 5.74) is 5.36. The number of carbonyl (C=O) groups excluding carboxylic acids is 1. The van der Waals surface area contributed by atoms with Gasteiger partial charge in [-0.15, -0.1) is 0 Å². The zero-order valence-corrected chi connectivity index (χ0v) is 37.7. The van der Waals surface area contributed by atoms with Gasteiger partial charge in [0.25, 0.3) is 0 Å². The van der Waals surface area contributed by atoms with E-state index in [2.05, 4.69) is 98.9 Å². The van der Waals surface area contributed by atoms with Gasteiger partial charge in [0.05, 0.1) is 19.8 Å². The lowest BCUT2D eigenvalue weighted by Gasteiger charge is -2.20. The Morgan fingerprint density at radius 1 is 0.559 bits per heavy atom. The first-order valence-electron chi connectivity index (χ1n) is 22.6. The average molecular weight is 848 g/mol. The van der Waals surface area contributed by atoms with E-state index in [-0.39, 0.29) is 13.0 Å². The van der Waals surface area contributed by atoms with Crippen molar-refractivity contribution in [2.45, 2.75) is 180 Å². The first-order chi connectivity index (χ1) is 28.7. The Morgan fingerprint density at radius 2 is 0.983 bits per heavy atom. The third-order valence-corrected chi connectivity index (χ3v) is 10.1. The van der Waals surface area contributed by atoms with Crippen molar-refractivity contribution in [3.8, 4) is 0 Å². The van der Waals surface area contributed by atoms with Crippen molar-refractivity contribution < 1.29 is 42.7 Å². The third-order valence-electron chi connectivity index (χ3n) is 9.16. The molecule has 0 saturated heterocycles. The maximum Gasteiger partial charge on any atom is 0.472 e. The molecule has 0 aromatic heterocycles. The topological polar surface area (TPSA) is 155 Å². The summed E-state index contributed by atoms with van der Waals surface area (Å²) < 4.78 is 33.3. The Balaban J connectivity index is 4.32. The molecule has 0 aliphatic rings. The maximum absolute atomic E-state index is 12.7. The SMILES string of the molecule is CC/C=C\C/C=C\C/C=C\C/C=C\C/C=C\CCCCOCC(COP(=O)(O)OCC(N)C(=O)O)OC(=O)CCCCCCCCCCC/C=C\C/C=C\CCCCC. The average Bonchev–Trinajstić information content (AvgIpc) is 3.21. The molecule has 11 heteroatoms. The maximum atomic E-state index is 12.7. The summed E-state index contributed by atoms with van der Waals surface area (Å²) in [6.07, 6.45) is 54.9. The summed E-state index contributed by atoms with van der Waals surface area (Å²) in [6, 6.07) is -1.49. The lowest BCUT2D eigenvalue weighted by atomic mass is 10.1. The van der Waals surface area contributed by atoms with Crippen LogP contribution < -0.4 is 5.73 Å². The van der Waals surface area contributed by atoms with E-state index < -0.39 is 45.1 Å². The number of carbonyl (C=O) groups is 2. The molecule has 0 aliphatic carbocycles. The van der Waals surface area contributed by atoms with Crippen molar-refractivity contribution in [2.75, 3.05) is 26.4 Å². The fourth-order valence-corrected chi connectivity index (χ4v) is 6.44. The zero-order valence-electron chi connectivity index (χ0n) is 36.8. The number of rotatable bonds is 42. The van der Waals surface area contributed by atoms with Gasteiger partial charge in [0.1, 0.15) is 12.1 Å². The van der Waals surface area contributed by atoms with Crippen LogP contribution in [0.15, 0.2) is 85.1 Å². The smallest absolute Gasteiger partial charge is 0.472 e. The predicted molar refractivity (Wildman–Crippen MR) is 244 cm³/mol. The number of esters is 1. The Kier molecular flexibility index (Phi) is 41.2. The molecule has 0 fully saturated rings. The van der Waals surface area contributed by atoms with E-state index in [9.17, 15) is 19.0 Å². The van der Waals surface area contributed by atoms with E-state index in [0.29, 0.717) is 13.0 Å². The highest BCUT2D eigenvalue weighted by Crippen LogP contribution is 2.43. The van der Waals surface area contributed by atoms with Gasteiger partial charge in [-0.25, -0.2) is 4.57 Å². The molecule has 0 spiro atoms. The number of hydrogen-bond acceptors (Lipinski definition) is 8. The fourth-order valence-electron chi connectivity index (χ4n) is 5.66. The molecule has 0 heterocycles. The standard InChI is InChI=1S/C48H82NO9P/c1-3-5-7-9-11-13-15-17-19-21-23-24-26-28-30-32-34-36-38-40-47(50)58-45(43-56-59(53,54)57-44-46(49)48(51)52)42-55-41-39-37-35-33-31-29-27-25-22-20-18-16-14-12-10-8-6-4-2/h6,8,11-14,17-20,25,27,31,33,45-46H,3-5,7,9-10,15-16,21-24,26,28-30,32,34-44,49H2,1-2H3,(H,51,52)(H,53,54)/b8-6-,13-11-,14-12-,19-17-,20-18-,27-25-,33-31-. The van der Waals surface area contributed by atoms with Crippen LogP contribution in [0.5, 0.6) is 0 Å². The van der Waals surface area contributed by atoms with E-state index in [1.165, 1.54) is 57.8 Å². The number of unbranched alkanes of at least 4 members (excludes halogenated alkanes) is 14. The summed E-state index contributed by atoms with van der Waals surface area (Å²) in [7, 11) is -4.64. The first-order valence-corrected chi connectivity index (χ1v) is 24.1. The summed E-state index contributed by atoms with van der Waals surface area (Å²) in [4.78, 5) is 33.6. The first kappa shape index (κ1) is 56.1. The molecule has 59 heavy (non-hydrogen) atoms. The molecule has 0 saturated carbocycles. The second kappa shape index (κ2) is 43.2. The third kappa shape index (κ3) is 43.1. The largest absolute Gasteiger partial charge is 0.480 e. The van der Waals surface area contributed by atoms with Gasteiger partial charge in [-0.2, -0.15) is 0 Å². The van der Waals surface area contributed by atoms with Crippen LogP contribution in [0.4, 0.5) is 0 Å². The highest BCUT2D eigenvalue weighted by Gasteiger charge is 2.27.